The number of hydrogen-bond donors (Lipinski definition) is 0. The molecule has 77 valence electrons. The Balaban J connectivity index is 2.31. The first-order chi connectivity index (χ1) is 7.16. The highest BCUT2D eigenvalue weighted by molar-refractivity contribution is 5.33. The Morgan fingerprint density at radius 3 is 2.80 bits per heavy atom. The van der Waals surface area contributed by atoms with Crippen LogP contribution in [-0.2, 0) is 0 Å². The highest BCUT2D eigenvalue weighted by Gasteiger charge is 2.20. The molecular formula is C13H11F2. The number of hydrogen-bond acceptors (Lipinski definition) is 0. The van der Waals surface area contributed by atoms with Crippen molar-refractivity contribution >= 4 is 0 Å². The van der Waals surface area contributed by atoms with Gasteiger partial charge in [0.1, 0.15) is 11.7 Å². The lowest BCUT2D eigenvalue weighted by Crippen LogP contribution is -2.03. The van der Waals surface area contributed by atoms with Crippen LogP contribution in [0.4, 0.5) is 8.78 Å². The molecule has 0 N–H and O–H groups in total. The van der Waals surface area contributed by atoms with E-state index in [1.165, 1.54) is 6.08 Å². The van der Waals surface area contributed by atoms with E-state index in [1.54, 1.807) is 0 Å². The van der Waals surface area contributed by atoms with Crippen LogP contribution in [0.1, 0.15) is 23.5 Å². The van der Waals surface area contributed by atoms with Gasteiger partial charge in [-0.15, -0.1) is 0 Å². The smallest absolute Gasteiger partial charge is 0.129 e. The molecule has 2 rings (SSSR count). The van der Waals surface area contributed by atoms with Gasteiger partial charge in [0.05, 0.1) is 6.08 Å². The van der Waals surface area contributed by atoms with E-state index in [0.29, 0.717) is 6.42 Å². The van der Waals surface area contributed by atoms with Crippen molar-refractivity contribution in [2.24, 2.45) is 0 Å². The Hall–Kier alpha value is -1.44. The van der Waals surface area contributed by atoms with Crippen molar-refractivity contribution in [3.8, 4) is 0 Å². The Labute approximate surface area is 87.9 Å². The fourth-order valence-electron chi connectivity index (χ4n) is 1.75. The van der Waals surface area contributed by atoms with Crippen LogP contribution in [0, 0.1) is 13.0 Å². The second-order valence-electron chi connectivity index (χ2n) is 3.73. The van der Waals surface area contributed by atoms with E-state index in [0.717, 1.165) is 11.1 Å². The van der Waals surface area contributed by atoms with E-state index >= 15 is 0 Å². The molecule has 0 nitrogen and oxygen atoms in total. The van der Waals surface area contributed by atoms with Gasteiger partial charge in [-0.2, -0.15) is 0 Å². The van der Waals surface area contributed by atoms with E-state index in [-0.39, 0.29) is 5.92 Å². The fraction of sp³-hybridized carbons (Fsp3) is 0.231. The number of benzene rings is 1. The van der Waals surface area contributed by atoms with E-state index in [2.05, 4.69) is 6.08 Å². The minimum Gasteiger partial charge on any atom is -0.210 e. The Kier molecular flexibility index (Phi) is 2.67. The van der Waals surface area contributed by atoms with Crippen LogP contribution in [0.25, 0.3) is 0 Å². The molecule has 2 heteroatoms. The summed E-state index contributed by atoms with van der Waals surface area (Å²) < 4.78 is 26.1. The second-order valence-corrected chi connectivity index (χ2v) is 3.73. The van der Waals surface area contributed by atoms with E-state index in [9.17, 15) is 8.78 Å². The summed E-state index contributed by atoms with van der Waals surface area (Å²) in [4.78, 5) is 0. The third-order valence-electron chi connectivity index (χ3n) is 2.52. The van der Waals surface area contributed by atoms with Gasteiger partial charge in [0.15, 0.2) is 0 Å². The quantitative estimate of drug-likeness (QED) is 0.650. The lowest BCUT2D eigenvalue weighted by atomic mass is 9.90. The largest absolute Gasteiger partial charge is 0.210 e. The van der Waals surface area contributed by atoms with Crippen LogP contribution in [0.15, 0.2) is 42.0 Å². The van der Waals surface area contributed by atoms with E-state index < -0.39 is 11.7 Å². The molecule has 0 saturated heterocycles. The van der Waals surface area contributed by atoms with Crippen LogP contribution in [0.3, 0.4) is 0 Å². The maximum absolute atomic E-state index is 13.4. The van der Waals surface area contributed by atoms with Crippen molar-refractivity contribution in [3.63, 3.8) is 0 Å². The van der Waals surface area contributed by atoms with Crippen molar-refractivity contribution in [3.05, 3.63) is 59.2 Å². The maximum atomic E-state index is 13.4. The summed E-state index contributed by atoms with van der Waals surface area (Å²) in [7, 11) is 0. The zero-order valence-corrected chi connectivity index (χ0v) is 8.43. The predicted octanol–water partition coefficient (Wildman–Crippen LogP) is 3.99. The molecule has 1 aromatic carbocycles. The topological polar surface area (TPSA) is 0 Å². The number of rotatable bonds is 1. The molecule has 0 bridgehead atoms. The lowest BCUT2D eigenvalue weighted by molar-refractivity contribution is 0.512. The number of aryl methyl sites for hydroxylation is 1. The maximum Gasteiger partial charge on any atom is 0.129 e. The molecule has 0 saturated carbocycles. The molecule has 0 amide bonds. The Morgan fingerprint density at radius 1 is 1.33 bits per heavy atom. The first-order valence-corrected chi connectivity index (χ1v) is 4.88. The van der Waals surface area contributed by atoms with Gasteiger partial charge in [-0.3, -0.25) is 0 Å². The summed E-state index contributed by atoms with van der Waals surface area (Å²) in [5.41, 5.74) is 1.96. The van der Waals surface area contributed by atoms with Crippen molar-refractivity contribution in [2.45, 2.75) is 19.3 Å². The average Bonchev–Trinajstić information content (AvgIpc) is 2.17. The minimum absolute atomic E-state index is 0.369. The monoisotopic (exact) mass is 205 g/mol. The summed E-state index contributed by atoms with van der Waals surface area (Å²) in [6.07, 6.45) is 3.83. The molecule has 0 fully saturated rings. The van der Waals surface area contributed by atoms with Gasteiger partial charge in [0.25, 0.3) is 0 Å². The Morgan fingerprint density at radius 2 is 2.13 bits per heavy atom. The van der Waals surface area contributed by atoms with Gasteiger partial charge in [-0.25, -0.2) is 8.78 Å². The first-order valence-electron chi connectivity index (χ1n) is 4.88. The average molecular weight is 205 g/mol. The molecule has 15 heavy (non-hydrogen) atoms. The third-order valence-corrected chi connectivity index (χ3v) is 2.52. The molecule has 0 spiro atoms. The number of allylic oxidation sites excluding steroid dienone is 4. The zero-order chi connectivity index (χ0) is 10.8. The zero-order valence-electron chi connectivity index (χ0n) is 8.43. The SMILES string of the molecule is Cc1cccc(C2CC=C(F)[C]=C2F)c1. The van der Waals surface area contributed by atoms with Crippen LogP contribution >= 0.6 is 0 Å². The highest BCUT2D eigenvalue weighted by atomic mass is 19.1. The molecule has 1 radical (unpaired) electrons. The van der Waals surface area contributed by atoms with Gasteiger partial charge in [0, 0.05) is 5.92 Å². The van der Waals surface area contributed by atoms with E-state index in [1.807, 2.05) is 31.2 Å². The van der Waals surface area contributed by atoms with Crippen LogP contribution in [0.5, 0.6) is 0 Å². The van der Waals surface area contributed by atoms with Gasteiger partial charge >= 0.3 is 0 Å². The molecule has 1 aliphatic rings. The molecule has 0 aliphatic heterocycles. The third kappa shape index (κ3) is 2.14. The summed E-state index contributed by atoms with van der Waals surface area (Å²) in [5.74, 6) is -1.48. The van der Waals surface area contributed by atoms with Gasteiger partial charge in [-0.1, -0.05) is 29.8 Å². The minimum atomic E-state index is -0.601. The van der Waals surface area contributed by atoms with Crippen LogP contribution < -0.4 is 0 Å². The summed E-state index contributed by atoms with van der Waals surface area (Å²) in [6.45, 7) is 1.95. The summed E-state index contributed by atoms with van der Waals surface area (Å²) in [5, 5.41) is 0. The second kappa shape index (κ2) is 3.97. The van der Waals surface area contributed by atoms with Crippen molar-refractivity contribution in [2.75, 3.05) is 0 Å². The van der Waals surface area contributed by atoms with E-state index in [4.69, 9.17) is 0 Å². The highest BCUT2D eigenvalue weighted by Crippen LogP contribution is 2.33. The van der Waals surface area contributed by atoms with Crippen molar-refractivity contribution in [1.82, 2.24) is 0 Å². The van der Waals surface area contributed by atoms with Gasteiger partial charge in [-0.05, 0) is 25.0 Å². The predicted molar refractivity (Wildman–Crippen MR) is 55.6 cm³/mol. The fourth-order valence-corrected chi connectivity index (χ4v) is 1.75. The summed E-state index contributed by atoms with van der Waals surface area (Å²) >= 11 is 0. The number of halogens is 2. The van der Waals surface area contributed by atoms with Crippen LogP contribution in [-0.4, -0.2) is 0 Å². The van der Waals surface area contributed by atoms with Crippen molar-refractivity contribution in [1.29, 1.82) is 0 Å². The van der Waals surface area contributed by atoms with Crippen molar-refractivity contribution < 1.29 is 8.78 Å². The van der Waals surface area contributed by atoms with Gasteiger partial charge in [0.2, 0.25) is 0 Å². The molecule has 1 atom stereocenters. The molecule has 1 aliphatic carbocycles. The van der Waals surface area contributed by atoms with Gasteiger partial charge < -0.3 is 0 Å². The first kappa shape index (κ1) is 10.1. The standard InChI is InChI=1S/C13H11F2/c1-9-3-2-4-10(7-9)12-6-5-11(14)8-13(12)15/h2-5,7,12H,6H2,1H3. The normalized spacial score (nSPS) is 20.9. The molecular weight excluding hydrogens is 194 g/mol. The Bertz CT molecular complexity index is 430. The van der Waals surface area contributed by atoms with Crippen LogP contribution in [0.2, 0.25) is 0 Å². The molecule has 0 heterocycles. The molecule has 1 unspecified atom stereocenters. The lowest BCUT2D eigenvalue weighted by Gasteiger charge is -2.16. The molecule has 0 aromatic heterocycles. The molecule has 1 aromatic rings. The summed E-state index contributed by atoms with van der Waals surface area (Å²) in [6, 6.07) is 7.61.